The molecule has 0 saturated carbocycles. The Hall–Kier alpha value is -3.68. The zero-order valence-electron chi connectivity index (χ0n) is 18.6. The number of rotatable bonds is 8. The van der Waals surface area contributed by atoms with E-state index in [1.165, 1.54) is 0 Å². The maximum atomic E-state index is 12.7. The Labute approximate surface area is 186 Å². The van der Waals surface area contributed by atoms with Crippen molar-refractivity contribution in [3.05, 3.63) is 60.2 Å². The highest BCUT2D eigenvalue weighted by Gasteiger charge is 2.20. The third-order valence-electron chi connectivity index (χ3n) is 5.55. The van der Waals surface area contributed by atoms with E-state index in [0.29, 0.717) is 25.9 Å². The van der Waals surface area contributed by atoms with Crippen LogP contribution >= 0.6 is 0 Å². The van der Waals surface area contributed by atoms with E-state index < -0.39 is 0 Å². The van der Waals surface area contributed by atoms with Gasteiger partial charge in [0.05, 0.1) is 35.2 Å². The average molecular weight is 433 g/mol. The molecule has 0 aliphatic heterocycles. The van der Waals surface area contributed by atoms with Crippen molar-refractivity contribution in [2.45, 2.75) is 32.9 Å². The fourth-order valence-corrected chi connectivity index (χ4v) is 3.77. The van der Waals surface area contributed by atoms with Crippen molar-refractivity contribution in [3.63, 3.8) is 0 Å². The first kappa shape index (κ1) is 21.5. The molecule has 0 aliphatic carbocycles. The summed E-state index contributed by atoms with van der Waals surface area (Å²) >= 11 is 0. The Morgan fingerprint density at radius 1 is 0.781 bits per heavy atom. The molecule has 32 heavy (non-hydrogen) atoms. The topological polar surface area (TPSA) is 98.0 Å². The maximum Gasteiger partial charge on any atom is 0.222 e. The smallest absolute Gasteiger partial charge is 0.222 e. The van der Waals surface area contributed by atoms with Gasteiger partial charge in [0.25, 0.3) is 0 Å². The Bertz CT molecular complexity index is 1080. The summed E-state index contributed by atoms with van der Waals surface area (Å²) in [4.78, 5) is 44.1. The van der Waals surface area contributed by atoms with Gasteiger partial charge < -0.3 is 19.8 Å². The van der Waals surface area contributed by atoms with Gasteiger partial charge >= 0.3 is 0 Å². The van der Waals surface area contributed by atoms with Gasteiger partial charge in [-0.2, -0.15) is 0 Å². The number of amides is 2. The molecule has 4 rings (SSSR count). The Morgan fingerprint density at radius 2 is 1.19 bits per heavy atom. The Balaban J connectivity index is 1.27. The number of aromatic nitrogens is 4. The summed E-state index contributed by atoms with van der Waals surface area (Å²) in [6, 6.07) is 15.6. The molecule has 2 N–H and O–H groups in total. The summed E-state index contributed by atoms with van der Waals surface area (Å²) in [5, 5.41) is 0. The number of carbonyl (C=O) groups is 2. The van der Waals surface area contributed by atoms with Crippen LogP contribution in [-0.2, 0) is 22.7 Å². The second kappa shape index (κ2) is 9.21. The van der Waals surface area contributed by atoms with Crippen molar-refractivity contribution in [3.8, 4) is 0 Å². The monoisotopic (exact) mass is 432 g/mol. The molecule has 2 aromatic carbocycles. The van der Waals surface area contributed by atoms with Gasteiger partial charge in [0, 0.05) is 26.9 Å². The van der Waals surface area contributed by atoms with Crippen LogP contribution in [0.25, 0.3) is 22.1 Å². The number of hydrogen-bond acceptors (Lipinski definition) is 4. The van der Waals surface area contributed by atoms with Crippen molar-refractivity contribution in [1.82, 2.24) is 29.7 Å². The lowest BCUT2D eigenvalue weighted by molar-refractivity contribution is -0.133. The number of fused-ring (bicyclic) bond motifs is 2. The molecule has 8 nitrogen and oxygen atoms in total. The van der Waals surface area contributed by atoms with Gasteiger partial charge in [0.1, 0.15) is 11.6 Å². The number of nitrogens with one attached hydrogen (secondary N) is 2. The summed E-state index contributed by atoms with van der Waals surface area (Å²) in [7, 11) is 3.52. The molecule has 0 aliphatic rings. The van der Waals surface area contributed by atoms with Crippen LogP contribution in [-0.4, -0.2) is 55.6 Å². The van der Waals surface area contributed by atoms with Gasteiger partial charge in [-0.05, 0) is 30.2 Å². The van der Waals surface area contributed by atoms with Crippen molar-refractivity contribution in [1.29, 1.82) is 0 Å². The number of nitrogens with zero attached hydrogens (tertiary/aromatic N) is 4. The van der Waals surface area contributed by atoms with Gasteiger partial charge in [-0.3, -0.25) is 9.59 Å². The van der Waals surface area contributed by atoms with E-state index in [0.717, 1.165) is 33.7 Å². The predicted molar refractivity (Wildman–Crippen MR) is 124 cm³/mol. The normalized spacial score (nSPS) is 11.4. The van der Waals surface area contributed by atoms with Gasteiger partial charge in [-0.15, -0.1) is 0 Å². The van der Waals surface area contributed by atoms with Crippen molar-refractivity contribution in [2.75, 3.05) is 14.1 Å². The molecule has 2 amide bonds. The van der Waals surface area contributed by atoms with Crippen LogP contribution in [0.2, 0.25) is 0 Å². The minimum absolute atomic E-state index is 0.00862. The summed E-state index contributed by atoms with van der Waals surface area (Å²) < 4.78 is 0. The number of aromatic amines is 2. The van der Waals surface area contributed by atoms with Crippen LogP contribution in [0.4, 0.5) is 0 Å². The van der Waals surface area contributed by atoms with Crippen LogP contribution in [0.5, 0.6) is 0 Å². The SMILES string of the molecule is CC(CC(=O)N(C)Cc1nc2ccccc2[nH]1)CC(=O)N(C)Cc1nc2ccccc2[nH]1. The highest BCUT2D eigenvalue weighted by molar-refractivity contribution is 5.80. The van der Waals surface area contributed by atoms with Crippen LogP contribution in [0.15, 0.2) is 48.5 Å². The highest BCUT2D eigenvalue weighted by atomic mass is 16.2. The number of H-pyrrole nitrogens is 2. The zero-order valence-corrected chi connectivity index (χ0v) is 18.6. The molecule has 0 saturated heterocycles. The van der Waals surface area contributed by atoms with Crippen molar-refractivity contribution >= 4 is 33.9 Å². The highest BCUT2D eigenvalue weighted by Crippen LogP contribution is 2.16. The third-order valence-corrected chi connectivity index (χ3v) is 5.55. The van der Waals surface area contributed by atoms with E-state index in [4.69, 9.17) is 0 Å². The van der Waals surface area contributed by atoms with Crippen LogP contribution in [0.3, 0.4) is 0 Å². The molecular weight excluding hydrogens is 404 g/mol. The molecular formula is C24H28N6O2. The lowest BCUT2D eigenvalue weighted by atomic mass is 10.0. The molecule has 0 unspecified atom stereocenters. The summed E-state index contributed by atoms with van der Waals surface area (Å²) in [6.45, 7) is 2.74. The van der Waals surface area contributed by atoms with E-state index in [-0.39, 0.29) is 17.7 Å². The minimum Gasteiger partial charge on any atom is -0.340 e. The minimum atomic E-state index is -0.0637. The molecule has 8 heteroatoms. The number of hydrogen-bond donors (Lipinski definition) is 2. The Morgan fingerprint density at radius 3 is 1.59 bits per heavy atom. The maximum absolute atomic E-state index is 12.7. The van der Waals surface area contributed by atoms with Gasteiger partial charge in [-0.25, -0.2) is 9.97 Å². The van der Waals surface area contributed by atoms with E-state index >= 15 is 0 Å². The summed E-state index contributed by atoms with van der Waals surface area (Å²) in [5.74, 6) is 1.41. The largest absolute Gasteiger partial charge is 0.340 e. The fraction of sp³-hybridized carbons (Fsp3) is 0.333. The third kappa shape index (κ3) is 4.96. The van der Waals surface area contributed by atoms with Gasteiger partial charge in [0.15, 0.2) is 0 Å². The number of imidazole rings is 2. The second-order valence-electron chi connectivity index (χ2n) is 8.41. The van der Waals surface area contributed by atoms with Crippen LogP contribution in [0.1, 0.15) is 31.4 Å². The predicted octanol–water partition coefficient (Wildman–Crippen LogP) is 3.47. The molecule has 4 aromatic rings. The quantitative estimate of drug-likeness (QED) is 0.445. The molecule has 0 fully saturated rings. The van der Waals surface area contributed by atoms with E-state index in [9.17, 15) is 9.59 Å². The number of para-hydroxylation sites is 4. The Kier molecular flexibility index (Phi) is 6.20. The van der Waals surface area contributed by atoms with Crippen molar-refractivity contribution in [2.24, 2.45) is 5.92 Å². The van der Waals surface area contributed by atoms with Gasteiger partial charge in [-0.1, -0.05) is 31.2 Å². The standard InChI is InChI=1S/C24H28N6O2/c1-16(12-23(31)29(2)14-21-25-17-8-4-5-9-18(17)26-21)13-24(32)30(3)15-22-27-19-10-6-7-11-20(19)28-22/h4-11,16H,12-15H2,1-3H3,(H,25,26)(H,27,28). The lowest BCUT2D eigenvalue weighted by Gasteiger charge is -2.21. The zero-order chi connectivity index (χ0) is 22.7. The number of benzene rings is 2. The first-order valence-electron chi connectivity index (χ1n) is 10.7. The van der Waals surface area contributed by atoms with E-state index in [2.05, 4.69) is 19.9 Å². The van der Waals surface area contributed by atoms with Gasteiger partial charge in [0.2, 0.25) is 11.8 Å². The average Bonchev–Trinajstić information content (AvgIpc) is 3.35. The first-order valence-corrected chi connectivity index (χ1v) is 10.7. The van der Waals surface area contributed by atoms with Crippen LogP contribution in [0, 0.1) is 5.92 Å². The van der Waals surface area contributed by atoms with Crippen LogP contribution < -0.4 is 0 Å². The first-order chi connectivity index (χ1) is 15.4. The summed E-state index contributed by atoms with van der Waals surface area (Å²) in [6.07, 6.45) is 0.613. The molecule has 0 radical (unpaired) electrons. The lowest BCUT2D eigenvalue weighted by Crippen LogP contribution is -2.31. The molecule has 2 aromatic heterocycles. The number of carbonyl (C=O) groups excluding carboxylic acids is 2. The summed E-state index contributed by atoms with van der Waals surface area (Å²) in [5.41, 5.74) is 3.68. The molecule has 0 spiro atoms. The molecule has 0 bridgehead atoms. The molecule has 166 valence electrons. The molecule has 0 atom stereocenters. The second-order valence-corrected chi connectivity index (χ2v) is 8.41. The fourth-order valence-electron chi connectivity index (χ4n) is 3.77. The van der Waals surface area contributed by atoms with E-state index in [1.807, 2.05) is 55.5 Å². The van der Waals surface area contributed by atoms with E-state index in [1.54, 1.807) is 23.9 Å². The van der Waals surface area contributed by atoms with Crippen molar-refractivity contribution < 1.29 is 9.59 Å². The molecule has 2 heterocycles.